The van der Waals surface area contributed by atoms with E-state index < -0.39 is 8.56 Å². The zero-order valence-electron chi connectivity index (χ0n) is 14.1. The van der Waals surface area contributed by atoms with Gasteiger partial charge in [0.15, 0.2) is 0 Å². The van der Waals surface area contributed by atoms with Crippen molar-refractivity contribution >= 4 is 8.56 Å². The fraction of sp³-hybridized carbons (Fsp3) is 0. The van der Waals surface area contributed by atoms with Crippen molar-refractivity contribution in [3.63, 3.8) is 0 Å². The molecule has 2 aromatic rings. The molecule has 0 unspecified atom stereocenters. The smallest absolute Gasteiger partial charge is 0.511 e. The molecule has 2 aliphatic carbocycles. The minimum Gasteiger partial charge on any atom is -0.511 e. The third-order valence-corrected chi connectivity index (χ3v) is 7.33. The molecule has 2 nitrogen and oxygen atoms in total. The van der Waals surface area contributed by atoms with Crippen LogP contribution in [0.1, 0.15) is 0 Å². The van der Waals surface area contributed by atoms with Crippen LogP contribution in [0, 0.1) is 62.4 Å². The minimum absolute atomic E-state index is 0. The first-order valence-corrected chi connectivity index (χ1v) is 10.1. The number of rotatable bonds is 6. The maximum absolute atomic E-state index is 6.61. The second-order valence-corrected chi connectivity index (χ2v) is 8.59. The molecule has 0 heterocycles. The average Bonchev–Trinajstić information content (AvgIpc) is 3.37. The summed E-state index contributed by atoms with van der Waals surface area (Å²) in [6.45, 7) is 0. The summed E-state index contributed by atoms with van der Waals surface area (Å²) in [7, 11) is -2.92. The van der Waals surface area contributed by atoms with Crippen LogP contribution in [-0.4, -0.2) is 8.56 Å². The van der Waals surface area contributed by atoms with Gasteiger partial charge in [-0.15, -0.1) is 0 Å². The summed E-state index contributed by atoms with van der Waals surface area (Å²) in [6, 6.07) is 19.8. The topological polar surface area (TPSA) is 18.5 Å². The number of benzene rings is 2. The maximum atomic E-state index is 6.61. The van der Waals surface area contributed by atoms with E-state index in [2.05, 4.69) is 25.7 Å². The van der Waals surface area contributed by atoms with Crippen molar-refractivity contribution in [2.45, 2.75) is 0 Å². The molecule has 0 N–H and O–H groups in total. The Kier molecular flexibility index (Phi) is 6.85. The van der Waals surface area contributed by atoms with E-state index in [0.717, 1.165) is 22.6 Å². The van der Waals surface area contributed by atoms with E-state index in [4.69, 9.17) is 8.85 Å². The molecule has 2 saturated carbocycles. The Labute approximate surface area is 169 Å². The second-order valence-electron chi connectivity index (χ2n) is 5.79. The fourth-order valence-electron chi connectivity index (χ4n) is 2.92. The zero-order chi connectivity index (χ0) is 17.0. The SMILES string of the molecule is [CH]1[CH][CH][C]([Si](Oc2ccccc2)(Oc2ccccc2)[C]2[CH][CH][CH][CH]2)[CH]1.[Fe+2]. The van der Waals surface area contributed by atoms with Gasteiger partial charge in [-0.1, -0.05) is 36.4 Å². The van der Waals surface area contributed by atoms with Crippen LogP contribution in [0.2, 0.25) is 0 Å². The van der Waals surface area contributed by atoms with Gasteiger partial charge < -0.3 is 8.85 Å². The van der Waals surface area contributed by atoms with Crippen LogP contribution >= 0.6 is 0 Å². The van der Waals surface area contributed by atoms with E-state index in [1.807, 2.05) is 86.3 Å². The van der Waals surface area contributed by atoms with Gasteiger partial charge in [0.2, 0.25) is 0 Å². The molecule has 2 fully saturated rings. The Hall–Kier alpha value is -1.22. The van der Waals surface area contributed by atoms with Gasteiger partial charge in [0, 0.05) is 0 Å². The van der Waals surface area contributed by atoms with Crippen LogP contribution in [0.5, 0.6) is 11.5 Å². The molecule has 0 atom stereocenters. The van der Waals surface area contributed by atoms with Crippen molar-refractivity contribution in [1.29, 1.82) is 0 Å². The monoisotopic (exact) mass is 398 g/mol. The van der Waals surface area contributed by atoms with Crippen LogP contribution in [-0.2, 0) is 17.1 Å². The van der Waals surface area contributed by atoms with E-state index >= 15 is 0 Å². The Morgan fingerprint density at radius 1 is 0.500 bits per heavy atom. The van der Waals surface area contributed by atoms with Crippen LogP contribution in [0.4, 0.5) is 0 Å². The molecular weight excluding hydrogens is 380 g/mol. The normalized spacial score (nSPS) is 18.5. The van der Waals surface area contributed by atoms with E-state index in [9.17, 15) is 0 Å². The van der Waals surface area contributed by atoms with Gasteiger partial charge in [0.1, 0.15) is 11.5 Å². The number of hydrogen-bond donors (Lipinski definition) is 0. The van der Waals surface area contributed by atoms with Gasteiger partial charge in [-0.05, 0) is 75.6 Å². The molecule has 0 aromatic heterocycles. The molecule has 0 saturated heterocycles. The molecule has 128 valence electrons. The largest absolute Gasteiger partial charge is 2.00 e. The average molecular weight is 398 g/mol. The summed E-state index contributed by atoms with van der Waals surface area (Å²) in [5, 5.41) is 0. The second kappa shape index (κ2) is 9.12. The summed E-state index contributed by atoms with van der Waals surface area (Å²) in [5.74, 6) is 1.62. The Morgan fingerprint density at radius 2 is 0.846 bits per heavy atom. The molecule has 2 aromatic carbocycles. The Morgan fingerprint density at radius 3 is 1.19 bits per heavy atom. The number of para-hydroxylation sites is 2. The van der Waals surface area contributed by atoms with Crippen molar-refractivity contribution in [2.75, 3.05) is 0 Å². The summed E-state index contributed by atoms with van der Waals surface area (Å²) in [5.41, 5.74) is 2.18. The first-order chi connectivity index (χ1) is 12.4. The van der Waals surface area contributed by atoms with Crippen LogP contribution in [0.25, 0.3) is 0 Å². The van der Waals surface area contributed by atoms with Gasteiger partial charge in [0.05, 0.1) is 11.1 Å². The fourth-order valence-corrected chi connectivity index (χ4v) is 5.96. The van der Waals surface area contributed by atoms with Gasteiger partial charge >= 0.3 is 25.6 Å². The van der Waals surface area contributed by atoms with Crippen molar-refractivity contribution in [3.8, 4) is 11.5 Å². The van der Waals surface area contributed by atoms with E-state index in [1.54, 1.807) is 0 Å². The molecule has 4 rings (SSSR count). The third kappa shape index (κ3) is 4.19. The summed E-state index contributed by atoms with van der Waals surface area (Å²) in [4.78, 5) is 0. The molecule has 4 heteroatoms. The van der Waals surface area contributed by atoms with Gasteiger partial charge in [-0.2, -0.15) is 0 Å². The van der Waals surface area contributed by atoms with Gasteiger partial charge in [-0.3, -0.25) is 0 Å². The molecule has 0 amide bonds. The number of hydrogen-bond acceptors (Lipinski definition) is 2. The summed E-state index contributed by atoms with van der Waals surface area (Å²) < 4.78 is 13.2. The van der Waals surface area contributed by atoms with Crippen LogP contribution in [0.3, 0.4) is 0 Å². The standard InChI is InChI=1S/C22H18O2Si.Fe/c1-3-11-19(12-4-1)23-25(21-15-7-8-16-21,22-17-9-10-18-22)24-20-13-5-2-6-14-20;/h1-18H;/q;+2. The van der Waals surface area contributed by atoms with Gasteiger partial charge in [0.25, 0.3) is 0 Å². The first kappa shape index (κ1) is 19.5. The molecule has 10 radical (unpaired) electrons. The first-order valence-electron chi connectivity index (χ1n) is 8.29. The molecule has 0 spiro atoms. The molecule has 26 heavy (non-hydrogen) atoms. The molecule has 0 bridgehead atoms. The third-order valence-electron chi connectivity index (χ3n) is 4.10. The molecule has 0 aliphatic heterocycles. The molecular formula is C22H18FeO2Si+2. The predicted molar refractivity (Wildman–Crippen MR) is 101 cm³/mol. The van der Waals surface area contributed by atoms with Crippen LogP contribution in [0.15, 0.2) is 60.7 Å². The summed E-state index contributed by atoms with van der Waals surface area (Å²) in [6.07, 6.45) is 16.5. The maximum Gasteiger partial charge on any atom is 2.00 e. The Bertz CT molecular complexity index is 593. The Balaban J connectivity index is 0.00000196. The predicted octanol–water partition coefficient (Wildman–Crippen LogP) is 4.47. The van der Waals surface area contributed by atoms with Crippen molar-refractivity contribution in [2.24, 2.45) is 0 Å². The van der Waals surface area contributed by atoms with Crippen LogP contribution < -0.4 is 8.85 Å². The molecule has 2 aliphatic rings. The summed E-state index contributed by atoms with van der Waals surface area (Å²) >= 11 is 0. The quantitative estimate of drug-likeness (QED) is 0.669. The van der Waals surface area contributed by atoms with Crippen molar-refractivity contribution in [1.82, 2.24) is 0 Å². The van der Waals surface area contributed by atoms with Gasteiger partial charge in [-0.25, -0.2) is 0 Å². The van der Waals surface area contributed by atoms with E-state index in [0.29, 0.717) is 0 Å². The zero-order valence-corrected chi connectivity index (χ0v) is 16.2. The van der Waals surface area contributed by atoms with Crippen molar-refractivity contribution in [3.05, 3.63) is 123 Å². The van der Waals surface area contributed by atoms with E-state index in [-0.39, 0.29) is 17.1 Å². The van der Waals surface area contributed by atoms with Crippen molar-refractivity contribution < 1.29 is 25.9 Å². The van der Waals surface area contributed by atoms with E-state index in [1.165, 1.54) is 0 Å². The minimum atomic E-state index is -2.92.